The van der Waals surface area contributed by atoms with Crippen molar-refractivity contribution in [3.63, 3.8) is 0 Å². The van der Waals surface area contributed by atoms with Gasteiger partial charge in [0.15, 0.2) is 0 Å². The fraction of sp³-hybridized carbons (Fsp3) is 0.222. The fourth-order valence-electron chi connectivity index (χ4n) is 2.68. The highest BCUT2D eigenvalue weighted by atomic mass is 16.2. The quantitative estimate of drug-likeness (QED) is 0.866. The van der Waals surface area contributed by atoms with Crippen molar-refractivity contribution in [2.24, 2.45) is 0 Å². The third-order valence-electron chi connectivity index (χ3n) is 3.88. The Hall–Kier alpha value is -2.62. The van der Waals surface area contributed by atoms with Crippen LogP contribution in [0.5, 0.6) is 0 Å². The molecule has 0 saturated heterocycles. The van der Waals surface area contributed by atoms with Crippen LogP contribution in [0.15, 0.2) is 36.0 Å². The molecule has 4 nitrogen and oxygen atoms in total. The Balaban J connectivity index is 2.05. The maximum Gasteiger partial charge on any atom is 0.255 e. The molecular formula is C18H19N3O. The van der Waals surface area contributed by atoms with Gasteiger partial charge < -0.3 is 10.6 Å². The SMILES string of the molecule is CC1=Cc2cc(-c3ccc(N)c(C(=O)N(C)C)c3)cnc2C1. The molecule has 0 bridgehead atoms. The number of nitrogens with two attached hydrogens (primary N) is 1. The molecule has 1 aromatic heterocycles. The Morgan fingerprint density at radius 2 is 2.00 bits per heavy atom. The van der Waals surface area contributed by atoms with E-state index in [1.165, 1.54) is 10.5 Å². The summed E-state index contributed by atoms with van der Waals surface area (Å²) >= 11 is 0. The molecule has 2 aromatic rings. The molecule has 4 heteroatoms. The van der Waals surface area contributed by atoms with E-state index < -0.39 is 0 Å². The predicted molar refractivity (Wildman–Crippen MR) is 89.5 cm³/mol. The summed E-state index contributed by atoms with van der Waals surface area (Å²) < 4.78 is 0. The molecule has 1 amide bonds. The molecule has 0 radical (unpaired) electrons. The fourth-order valence-corrected chi connectivity index (χ4v) is 2.68. The van der Waals surface area contributed by atoms with Crippen LogP contribution in [0, 0.1) is 0 Å². The smallest absolute Gasteiger partial charge is 0.255 e. The molecule has 1 heterocycles. The van der Waals surface area contributed by atoms with Gasteiger partial charge in [0.2, 0.25) is 0 Å². The zero-order chi connectivity index (χ0) is 15.9. The first kappa shape index (κ1) is 14.3. The first-order valence-corrected chi connectivity index (χ1v) is 7.23. The van der Waals surface area contributed by atoms with Crippen LogP contribution in [-0.4, -0.2) is 29.9 Å². The van der Waals surface area contributed by atoms with E-state index in [4.69, 9.17) is 5.73 Å². The highest BCUT2D eigenvalue weighted by molar-refractivity contribution is 6.00. The van der Waals surface area contributed by atoms with Gasteiger partial charge in [0, 0.05) is 38.0 Å². The number of pyridine rings is 1. The number of nitrogens with zero attached hydrogens (tertiary/aromatic N) is 2. The molecule has 0 spiro atoms. The molecular weight excluding hydrogens is 274 g/mol. The summed E-state index contributed by atoms with van der Waals surface area (Å²) in [6.07, 6.45) is 4.94. The Morgan fingerprint density at radius 3 is 2.73 bits per heavy atom. The van der Waals surface area contributed by atoms with Crippen LogP contribution in [0.4, 0.5) is 5.69 Å². The number of aromatic nitrogens is 1. The summed E-state index contributed by atoms with van der Waals surface area (Å²) in [7, 11) is 3.44. The highest BCUT2D eigenvalue weighted by Crippen LogP contribution is 2.29. The molecule has 0 unspecified atom stereocenters. The van der Waals surface area contributed by atoms with E-state index in [9.17, 15) is 4.79 Å². The molecule has 0 saturated carbocycles. The largest absolute Gasteiger partial charge is 0.398 e. The Bertz CT molecular complexity index is 791. The zero-order valence-corrected chi connectivity index (χ0v) is 13.1. The summed E-state index contributed by atoms with van der Waals surface area (Å²) in [6.45, 7) is 2.11. The standard InChI is InChI=1S/C18H19N3O/c1-11-6-13-8-14(10-20-17(13)7-11)12-4-5-16(19)15(9-12)18(22)21(2)3/h4-6,8-10H,7,19H2,1-3H3. The molecule has 112 valence electrons. The molecule has 1 aliphatic carbocycles. The van der Waals surface area contributed by atoms with Gasteiger partial charge in [-0.15, -0.1) is 0 Å². The summed E-state index contributed by atoms with van der Waals surface area (Å²) in [6, 6.07) is 7.66. The first-order valence-electron chi connectivity index (χ1n) is 7.23. The van der Waals surface area contributed by atoms with Gasteiger partial charge in [0.1, 0.15) is 0 Å². The molecule has 3 rings (SSSR count). The molecule has 1 aromatic carbocycles. The van der Waals surface area contributed by atoms with Crippen molar-refractivity contribution in [3.8, 4) is 11.1 Å². The van der Waals surface area contributed by atoms with Crippen molar-refractivity contribution in [2.45, 2.75) is 13.3 Å². The minimum absolute atomic E-state index is 0.0933. The van der Waals surface area contributed by atoms with E-state index in [-0.39, 0.29) is 5.91 Å². The number of anilines is 1. The van der Waals surface area contributed by atoms with Crippen molar-refractivity contribution < 1.29 is 4.79 Å². The van der Waals surface area contributed by atoms with Crippen LogP contribution in [0.2, 0.25) is 0 Å². The Labute approximate surface area is 130 Å². The number of amides is 1. The van der Waals surface area contributed by atoms with Crippen molar-refractivity contribution >= 4 is 17.7 Å². The van der Waals surface area contributed by atoms with Crippen LogP contribution >= 0.6 is 0 Å². The van der Waals surface area contributed by atoms with E-state index in [0.717, 1.165) is 28.8 Å². The minimum atomic E-state index is -0.0933. The Kier molecular flexibility index (Phi) is 3.45. The zero-order valence-electron chi connectivity index (χ0n) is 13.1. The predicted octanol–water partition coefficient (Wildman–Crippen LogP) is 2.99. The number of benzene rings is 1. The van der Waals surface area contributed by atoms with Gasteiger partial charge in [0.05, 0.1) is 11.3 Å². The van der Waals surface area contributed by atoms with E-state index in [1.54, 1.807) is 20.2 Å². The van der Waals surface area contributed by atoms with Crippen LogP contribution in [0.3, 0.4) is 0 Å². The van der Waals surface area contributed by atoms with Crippen LogP contribution in [0.25, 0.3) is 17.2 Å². The number of hydrogen-bond acceptors (Lipinski definition) is 3. The average Bonchev–Trinajstić information content (AvgIpc) is 2.86. The molecule has 0 atom stereocenters. The van der Waals surface area contributed by atoms with E-state index >= 15 is 0 Å². The number of hydrogen-bond donors (Lipinski definition) is 1. The molecule has 2 N–H and O–H groups in total. The third-order valence-corrected chi connectivity index (χ3v) is 3.88. The van der Waals surface area contributed by atoms with Crippen molar-refractivity contribution in [3.05, 3.63) is 52.9 Å². The van der Waals surface area contributed by atoms with Gasteiger partial charge in [0.25, 0.3) is 5.91 Å². The Morgan fingerprint density at radius 1 is 1.23 bits per heavy atom. The number of allylic oxidation sites excluding steroid dienone is 1. The second kappa shape index (κ2) is 5.30. The number of nitrogen functional groups attached to an aromatic ring is 1. The number of fused-ring (bicyclic) bond motifs is 1. The monoisotopic (exact) mass is 293 g/mol. The lowest BCUT2D eigenvalue weighted by atomic mass is 10.0. The maximum absolute atomic E-state index is 12.2. The molecule has 22 heavy (non-hydrogen) atoms. The number of rotatable bonds is 2. The summed E-state index contributed by atoms with van der Waals surface area (Å²) in [5.41, 5.74) is 12.5. The van der Waals surface area contributed by atoms with Gasteiger partial charge >= 0.3 is 0 Å². The minimum Gasteiger partial charge on any atom is -0.398 e. The van der Waals surface area contributed by atoms with E-state index in [0.29, 0.717) is 11.3 Å². The van der Waals surface area contributed by atoms with E-state index in [2.05, 4.69) is 24.1 Å². The number of carbonyl (C=O) groups excluding carboxylic acids is 1. The van der Waals surface area contributed by atoms with Crippen LogP contribution < -0.4 is 5.73 Å². The van der Waals surface area contributed by atoms with Gasteiger partial charge in [-0.05, 0) is 36.2 Å². The lowest BCUT2D eigenvalue weighted by Crippen LogP contribution is -2.22. The summed E-state index contributed by atoms with van der Waals surface area (Å²) in [4.78, 5) is 18.3. The lowest BCUT2D eigenvalue weighted by molar-refractivity contribution is 0.0828. The van der Waals surface area contributed by atoms with E-state index in [1.807, 2.05) is 18.3 Å². The summed E-state index contributed by atoms with van der Waals surface area (Å²) in [5, 5.41) is 0. The van der Waals surface area contributed by atoms with Crippen molar-refractivity contribution in [1.82, 2.24) is 9.88 Å². The second-order valence-corrected chi connectivity index (χ2v) is 5.93. The second-order valence-electron chi connectivity index (χ2n) is 5.93. The average molecular weight is 293 g/mol. The topological polar surface area (TPSA) is 59.2 Å². The summed E-state index contributed by atoms with van der Waals surface area (Å²) in [5.74, 6) is -0.0933. The van der Waals surface area contributed by atoms with Gasteiger partial charge in [-0.1, -0.05) is 17.7 Å². The molecule has 0 fully saturated rings. The third kappa shape index (κ3) is 2.48. The van der Waals surface area contributed by atoms with Crippen LogP contribution in [-0.2, 0) is 6.42 Å². The van der Waals surface area contributed by atoms with Gasteiger partial charge in [-0.3, -0.25) is 9.78 Å². The number of carbonyl (C=O) groups is 1. The van der Waals surface area contributed by atoms with Gasteiger partial charge in [-0.25, -0.2) is 0 Å². The van der Waals surface area contributed by atoms with Crippen LogP contribution in [0.1, 0.15) is 28.5 Å². The first-order chi connectivity index (χ1) is 10.5. The lowest BCUT2D eigenvalue weighted by Gasteiger charge is -2.13. The molecule has 0 aliphatic heterocycles. The van der Waals surface area contributed by atoms with Gasteiger partial charge in [-0.2, -0.15) is 0 Å². The van der Waals surface area contributed by atoms with Crippen molar-refractivity contribution in [1.29, 1.82) is 0 Å². The highest BCUT2D eigenvalue weighted by Gasteiger charge is 2.15. The molecule has 1 aliphatic rings. The normalized spacial score (nSPS) is 12.8. The maximum atomic E-state index is 12.2. The van der Waals surface area contributed by atoms with Crippen molar-refractivity contribution in [2.75, 3.05) is 19.8 Å².